The smallest absolute Gasteiger partial charge is 0.384 e. The summed E-state index contributed by atoms with van der Waals surface area (Å²) < 4.78 is 37.5. The van der Waals surface area contributed by atoms with Gasteiger partial charge in [-0.15, -0.1) is 11.3 Å². The summed E-state index contributed by atoms with van der Waals surface area (Å²) in [4.78, 5) is 3.63. The van der Waals surface area contributed by atoms with Crippen molar-refractivity contribution in [3.05, 3.63) is 16.1 Å². The van der Waals surface area contributed by atoms with E-state index >= 15 is 0 Å². The molecule has 2 heterocycles. The molecule has 1 aromatic rings. The summed E-state index contributed by atoms with van der Waals surface area (Å²) in [6.45, 7) is 2.45. The second kappa shape index (κ2) is 5.38. The molecule has 1 aromatic heterocycles. The standard InChI is InChI=1S/C12H17F3N2OS/c1-11(18,6-8-4-2-3-5-16-8)9-7-17-10(19-9)12(13,14)15/h7-8,16,18H,2-6H2,1H3. The minimum atomic E-state index is -4.44. The Morgan fingerprint density at radius 3 is 2.74 bits per heavy atom. The summed E-state index contributed by atoms with van der Waals surface area (Å²) in [5.41, 5.74) is -1.27. The maximum absolute atomic E-state index is 12.5. The highest BCUT2D eigenvalue weighted by Crippen LogP contribution is 2.38. The fraction of sp³-hybridized carbons (Fsp3) is 0.750. The van der Waals surface area contributed by atoms with Crippen LogP contribution in [0.1, 0.15) is 42.5 Å². The van der Waals surface area contributed by atoms with Crippen LogP contribution >= 0.6 is 11.3 Å². The van der Waals surface area contributed by atoms with Crippen LogP contribution in [0.4, 0.5) is 13.2 Å². The zero-order valence-corrected chi connectivity index (χ0v) is 11.4. The third-order valence-electron chi connectivity index (χ3n) is 3.34. The molecule has 0 aliphatic carbocycles. The van der Waals surface area contributed by atoms with Gasteiger partial charge in [0.25, 0.3) is 0 Å². The molecule has 7 heteroatoms. The molecule has 3 nitrogen and oxygen atoms in total. The molecule has 19 heavy (non-hydrogen) atoms. The maximum atomic E-state index is 12.5. The maximum Gasteiger partial charge on any atom is 0.443 e. The van der Waals surface area contributed by atoms with E-state index in [1.807, 2.05) is 0 Å². The Kier molecular flexibility index (Phi) is 4.17. The molecule has 108 valence electrons. The second-order valence-electron chi connectivity index (χ2n) is 5.15. The van der Waals surface area contributed by atoms with Crippen LogP contribution in [0.5, 0.6) is 0 Å². The average molecular weight is 294 g/mol. The van der Waals surface area contributed by atoms with Crippen LogP contribution in [-0.4, -0.2) is 22.7 Å². The number of piperidine rings is 1. The van der Waals surface area contributed by atoms with Gasteiger partial charge in [0.2, 0.25) is 0 Å². The lowest BCUT2D eigenvalue weighted by atomic mass is 9.91. The molecule has 2 rings (SSSR count). The van der Waals surface area contributed by atoms with Crippen LogP contribution in [0.2, 0.25) is 0 Å². The number of alkyl halides is 3. The van der Waals surface area contributed by atoms with E-state index in [2.05, 4.69) is 10.3 Å². The highest BCUT2D eigenvalue weighted by molar-refractivity contribution is 7.11. The molecular formula is C12H17F3N2OS. The minimum Gasteiger partial charge on any atom is -0.384 e. The van der Waals surface area contributed by atoms with Crippen molar-refractivity contribution < 1.29 is 18.3 Å². The van der Waals surface area contributed by atoms with E-state index in [4.69, 9.17) is 0 Å². The molecule has 2 unspecified atom stereocenters. The molecule has 2 atom stereocenters. The van der Waals surface area contributed by atoms with Crippen molar-refractivity contribution in [3.8, 4) is 0 Å². The summed E-state index contributed by atoms with van der Waals surface area (Å²) in [7, 11) is 0. The lowest BCUT2D eigenvalue weighted by molar-refractivity contribution is -0.137. The van der Waals surface area contributed by atoms with Crippen LogP contribution in [-0.2, 0) is 11.8 Å². The number of hydrogen-bond donors (Lipinski definition) is 2. The number of nitrogens with one attached hydrogen (secondary N) is 1. The van der Waals surface area contributed by atoms with Crippen molar-refractivity contribution in [1.29, 1.82) is 0 Å². The first kappa shape index (κ1) is 14.7. The number of hydrogen-bond acceptors (Lipinski definition) is 4. The molecule has 1 saturated heterocycles. The average Bonchev–Trinajstić information content (AvgIpc) is 2.79. The number of aromatic nitrogens is 1. The number of halogens is 3. The zero-order chi connectivity index (χ0) is 14.1. The van der Waals surface area contributed by atoms with Crippen molar-refractivity contribution >= 4 is 11.3 Å². The second-order valence-corrected chi connectivity index (χ2v) is 6.18. The minimum absolute atomic E-state index is 0.153. The Morgan fingerprint density at radius 1 is 1.47 bits per heavy atom. The van der Waals surface area contributed by atoms with E-state index in [1.54, 1.807) is 6.92 Å². The fourth-order valence-corrected chi connectivity index (χ4v) is 3.17. The van der Waals surface area contributed by atoms with E-state index in [1.165, 1.54) is 0 Å². The highest BCUT2D eigenvalue weighted by Gasteiger charge is 2.37. The lowest BCUT2D eigenvalue weighted by Gasteiger charge is -2.30. The van der Waals surface area contributed by atoms with E-state index in [-0.39, 0.29) is 10.9 Å². The number of rotatable bonds is 3. The lowest BCUT2D eigenvalue weighted by Crippen LogP contribution is -2.39. The Labute approximate surface area is 113 Å². The molecule has 0 aromatic carbocycles. The van der Waals surface area contributed by atoms with Gasteiger partial charge in [-0.1, -0.05) is 6.42 Å². The topological polar surface area (TPSA) is 45.1 Å². The summed E-state index contributed by atoms with van der Waals surface area (Å²) in [5, 5.41) is 12.8. The van der Waals surface area contributed by atoms with Crippen molar-refractivity contribution in [1.82, 2.24) is 10.3 Å². The van der Waals surface area contributed by atoms with E-state index in [0.29, 0.717) is 17.8 Å². The van der Waals surface area contributed by atoms with E-state index < -0.39 is 16.8 Å². The fourth-order valence-electron chi connectivity index (χ4n) is 2.33. The van der Waals surface area contributed by atoms with Crippen LogP contribution in [0.3, 0.4) is 0 Å². The van der Waals surface area contributed by atoms with Gasteiger partial charge in [-0.3, -0.25) is 0 Å². The molecule has 0 amide bonds. The third-order valence-corrected chi connectivity index (χ3v) is 4.63. The number of aliphatic hydroxyl groups is 1. The van der Waals surface area contributed by atoms with E-state index in [9.17, 15) is 18.3 Å². The predicted molar refractivity (Wildman–Crippen MR) is 66.9 cm³/mol. The first-order valence-corrected chi connectivity index (χ1v) is 7.10. The normalized spacial score (nSPS) is 24.2. The van der Waals surface area contributed by atoms with Gasteiger partial charge in [-0.2, -0.15) is 13.2 Å². The monoisotopic (exact) mass is 294 g/mol. The van der Waals surface area contributed by atoms with E-state index in [0.717, 1.165) is 32.0 Å². The molecular weight excluding hydrogens is 277 g/mol. The van der Waals surface area contributed by atoms with Crippen LogP contribution in [0, 0.1) is 0 Å². The Morgan fingerprint density at radius 2 is 2.21 bits per heavy atom. The van der Waals surface area contributed by atoms with Crippen molar-refractivity contribution in [2.24, 2.45) is 0 Å². The SMILES string of the molecule is CC(O)(CC1CCCCN1)c1cnc(C(F)(F)F)s1. The molecule has 1 fully saturated rings. The molecule has 0 saturated carbocycles. The van der Waals surface area contributed by atoms with Crippen LogP contribution in [0.25, 0.3) is 0 Å². The third kappa shape index (κ3) is 3.67. The van der Waals surface area contributed by atoms with Gasteiger partial charge < -0.3 is 10.4 Å². The highest BCUT2D eigenvalue weighted by atomic mass is 32.1. The molecule has 0 radical (unpaired) electrons. The summed E-state index contributed by atoms with van der Waals surface area (Å²) >= 11 is 0.521. The number of nitrogens with zero attached hydrogens (tertiary/aromatic N) is 1. The van der Waals surface area contributed by atoms with Crippen molar-refractivity contribution in [2.75, 3.05) is 6.54 Å². The molecule has 1 aliphatic heterocycles. The summed E-state index contributed by atoms with van der Waals surface area (Å²) in [5.74, 6) is 0. The molecule has 1 aliphatic rings. The zero-order valence-electron chi connectivity index (χ0n) is 10.6. The number of thiazole rings is 1. The Balaban J connectivity index is 2.08. The van der Waals surface area contributed by atoms with Gasteiger partial charge in [0.1, 0.15) is 0 Å². The molecule has 2 N–H and O–H groups in total. The van der Waals surface area contributed by atoms with Gasteiger partial charge in [0, 0.05) is 12.2 Å². The summed E-state index contributed by atoms with van der Waals surface area (Å²) in [6, 6.07) is 0.153. The summed E-state index contributed by atoms with van der Waals surface area (Å²) in [6.07, 6.45) is 0.244. The first-order chi connectivity index (χ1) is 8.79. The largest absolute Gasteiger partial charge is 0.443 e. The first-order valence-electron chi connectivity index (χ1n) is 6.28. The van der Waals surface area contributed by atoms with Gasteiger partial charge in [0.15, 0.2) is 5.01 Å². The predicted octanol–water partition coefficient (Wildman–Crippen LogP) is 2.90. The van der Waals surface area contributed by atoms with Gasteiger partial charge >= 0.3 is 6.18 Å². The van der Waals surface area contributed by atoms with Crippen molar-refractivity contribution in [3.63, 3.8) is 0 Å². The van der Waals surface area contributed by atoms with Crippen LogP contribution < -0.4 is 5.32 Å². The molecule has 0 spiro atoms. The van der Waals surface area contributed by atoms with Crippen molar-refractivity contribution in [2.45, 2.75) is 50.4 Å². The Bertz CT molecular complexity index is 425. The quantitative estimate of drug-likeness (QED) is 0.901. The van der Waals surface area contributed by atoms with Gasteiger partial charge in [-0.25, -0.2) is 4.98 Å². The van der Waals surface area contributed by atoms with Gasteiger partial charge in [-0.05, 0) is 32.7 Å². The van der Waals surface area contributed by atoms with Crippen LogP contribution in [0.15, 0.2) is 6.20 Å². The molecule has 0 bridgehead atoms. The van der Waals surface area contributed by atoms with Gasteiger partial charge in [0.05, 0.1) is 10.5 Å². The Hall–Kier alpha value is -0.660.